The maximum atomic E-state index is 11.7. The van der Waals surface area contributed by atoms with Crippen molar-refractivity contribution in [2.45, 2.75) is 6.42 Å². The number of nitrogens with one attached hydrogen (secondary N) is 2. The van der Waals surface area contributed by atoms with Crippen LogP contribution in [0.4, 0.5) is 16.2 Å². The number of aliphatic carboxylic acids is 1. The maximum Gasteiger partial charge on any atom is 0.337 e. The van der Waals surface area contributed by atoms with Gasteiger partial charge in [-0.3, -0.25) is 4.79 Å². The van der Waals surface area contributed by atoms with Crippen molar-refractivity contribution < 1.29 is 24.2 Å². The molecule has 0 aromatic heterocycles. The van der Waals surface area contributed by atoms with E-state index >= 15 is 0 Å². The number of nitrogens with zero attached hydrogens (tertiary/aromatic N) is 1. The molecular formula is C14H19N3O5. The predicted molar refractivity (Wildman–Crippen MR) is 81.4 cm³/mol. The summed E-state index contributed by atoms with van der Waals surface area (Å²) in [7, 11) is 4.83. The molecule has 0 saturated carbocycles. The van der Waals surface area contributed by atoms with E-state index in [-0.39, 0.29) is 13.0 Å². The zero-order valence-corrected chi connectivity index (χ0v) is 12.7. The Bertz CT molecular complexity index is 572. The Labute approximate surface area is 128 Å². The van der Waals surface area contributed by atoms with E-state index < -0.39 is 18.0 Å². The summed E-state index contributed by atoms with van der Waals surface area (Å²) in [4.78, 5) is 35.4. The molecule has 1 rings (SSSR count). The van der Waals surface area contributed by atoms with E-state index in [1.165, 1.54) is 13.2 Å². The van der Waals surface area contributed by atoms with Crippen LogP contribution in [0.5, 0.6) is 0 Å². The number of methoxy groups -OCH3 is 1. The third kappa shape index (κ3) is 4.97. The highest BCUT2D eigenvalue weighted by atomic mass is 16.5. The summed E-state index contributed by atoms with van der Waals surface area (Å²) in [6.45, 7) is 0.0265. The maximum absolute atomic E-state index is 11.7. The number of carboxylic acids is 1. The molecule has 0 atom stereocenters. The second-order valence-electron chi connectivity index (χ2n) is 4.64. The molecule has 1 aromatic rings. The highest BCUT2D eigenvalue weighted by molar-refractivity contribution is 5.96. The molecule has 0 radical (unpaired) electrons. The molecule has 3 N–H and O–H groups in total. The van der Waals surface area contributed by atoms with Gasteiger partial charge in [0, 0.05) is 20.6 Å². The van der Waals surface area contributed by atoms with Crippen LogP contribution in [-0.4, -0.2) is 50.8 Å². The third-order valence-corrected chi connectivity index (χ3v) is 2.77. The van der Waals surface area contributed by atoms with E-state index in [0.29, 0.717) is 16.9 Å². The minimum atomic E-state index is -0.989. The van der Waals surface area contributed by atoms with E-state index in [9.17, 15) is 14.4 Å². The lowest BCUT2D eigenvalue weighted by Gasteiger charge is -2.19. The highest BCUT2D eigenvalue weighted by Gasteiger charge is 2.13. The average molecular weight is 309 g/mol. The standard InChI is InChI=1S/C14H19N3O5/c1-17(2)11-8-9(13(20)22-3)4-5-10(11)16-14(21)15-7-6-12(18)19/h4-5,8H,6-7H2,1-3H3,(H,18,19)(H2,15,16,21). The van der Waals surface area contributed by atoms with Crippen molar-refractivity contribution in [1.29, 1.82) is 0 Å². The van der Waals surface area contributed by atoms with Crippen LogP contribution in [0, 0.1) is 0 Å². The normalized spacial score (nSPS) is 9.77. The second-order valence-corrected chi connectivity index (χ2v) is 4.64. The number of urea groups is 1. The van der Waals surface area contributed by atoms with Gasteiger partial charge >= 0.3 is 18.0 Å². The summed E-state index contributed by atoms with van der Waals surface area (Å²) in [5.74, 6) is -1.46. The van der Waals surface area contributed by atoms with Gasteiger partial charge in [-0.1, -0.05) is 0 Å². The van der Waals surface area contributed by atoms with Crippen LogP contribution in [0.25, 0.3) is 0 Å². The molecule has 8 nitrogen and oxygen atoms in total. The second kappa shape index (κ2) is 7.87. The molecule has 0 aliphatic heterocycles. The first-order valence-corrected chi connectivity index (χ1v) is 6.51. The number of carboxylic acid groups (broad SMARTS) is 1. The summed E-state index contributed by atoms with van der Waals surface area (Å²) >= 11 is 0. The summed E-state index contributed by atoms with van der Waals surface area (Å²) in [6.07, 6.45) is -0.158. The van der Waals surface area contributed by atoms with Crippen LogP contribution in [0.1, 0.15) is 16.8 Å². The van der Waals surface area contributed by atoms with Gasteiger partial charge in [-0.25, -0.2) is 9.59 Å². The molecular weight excluding hydrogens is 290 g/mol. The van der Waals surface area contributed by atoms with Crippen molar-refractivity contribution in [3.05, 3.63) is 23.8 Å². The molecule has 0 saturated heterocycles. The molecule has 8 heteroatoms. The number of carbonyl (C=O) groups excluding carboxylic acids is 2. The number of carbonyl (C=O) groups is 3. The van der Waals surface area contributed by atoms with Gasteiger partial charge in [0.2, 0.25) is 0 Å². The van der Waals surface area contributed by atoms with Gasteiger partial charge in [0.1, 0.15) is 0 Å². The van der Waals surface area contributed by atoms with E-state index in [0.717, 1.165) is 0 Å². The zero-order chi connectivity index (χ0) is 16.7. The van der Waals surface area contributed by atoms with Gasteiger partial charge < -0.3 is 25.4 Å². The Morgan fingerprint density at radius 2 is 1.95 bits per heavy atom. The van der Waals surface area contributed by atoms with Crippen LogP contribution in [0.2, 0.25) is 0 Å². The average Bonchev–Trinajstić information content (AvgIpc) is 2.46. The van der Waals surface area contributed by atoms with Gasteiger partial charge in [-0.2, -0.15) is 0 Å². The number of amides is 2. The predicted octanol–water partition coefficient (Wildman–Crippen LogP) is 1.14. The van der Waals surface area contributed by atoms with Gasteiger partial charge in [-0.05, 0) is 18.2 Å². The van der Waals surface area contributed by atoms with E-state index in [1.54, 1.807) is 31.1 Å². The van der Waals surface area contributed by atoms with Gasteiger partial charge in [0.15, 0.2) is 0 Å². The highest BCUT2D eigenvalue weighted by Crippen LogP contribution is 2.26. The summed E-state index contributed by atoms with van der Waals surface area (Å²) < 4.78 is 4.65. The zero-order valence-electron chi connectivity index (χ0n) is 12.7. The van der Waals surface area contributed by atoms with Crippen molar-refractivity contribution in [2.24, 2.45) is 0 Å². The fourth-order valence-electron chi connectivity index (χ4n) is 1.70. The van der Waals surface area contributed by atoms with Gasteiger partial charge in [-0.15, -0.1) is 0 Å². The van der Waals surface area contributed by atoms with Crippen molar-refractivity contribution >= 4 is 29.3 Å². The van der Waals surface area contributed by atoms with Crippen LogP contribution < -0.4 is 15.5 Å². The quantitative estimate of drug-likeness (QED) is 0.680. The Kier molecular flexibility index (Phi) is 6.18. The van der Waals surface area contributed by atoms with Crippen molar-refractivity contribution in [1.82, 2.24) is 5.32 Å². The molecule has 0 fully saturated rings. The largest absolute Gasteiger partial charge is 0.481 e. The molecule has 0 aliphatic rings. The SMILES string of the molecule is COC(=O)c1ccc(NC(=O)NCCC(=O)O)c(N(C)C)c1. The van der Waals surface area contributed by atoms with Crippen LogP contribution in [0.3, 0.4) is 0 Å². The van der Waals surface area contributed by atoms with E-state index in [1.807, 2.05) is 0 Å². The van der Waals surface area contributed by atoms with Crippen LogP contribution in [-0.2, 0) is 9.53 Å². The summed E-state index contributed by atoms with van der Waals surface area (Å²) in [5.41, 5.74) is 1.48. The van der Waals surface area contributed by atoms with Crippen LogP contribution in [0.15, 0.2) is 18.2 Å². The number of benzene rings is 1. The number of ether oxygens (including phenoxy) is 1. The van der Waals surface area contributed by atoms with Crippen LogP contribution >= 0.6 is 0 Å². The number of anilines is 2. The molecule has 0 unspecified atom stereocenters. The molecule has 0 aliphatic carbocycles. The minimum Gasteiger partial charge on any atom is -0.481 e. The molecule has 0 heterocycles. The van der Waals surface area contributed by atoms with Crippen molar-refractivity contribution in [2.75, 3.05) is 38.0 Å². The lowest BCUT2D eigenvalue weighted by Crippen LogP contribution is -2.31. The third-order valence-electron chi connectivity index (χ3n) is 2.77. The molecule has 1 aromatic carbocycles. The smallest absolute Gasteiger partial charge is 0.337 e. The number of hydrogen-bond acceptors (Lipinski definition) is 5. The molecule has 0 bridgehead atoms. The van der Waals surface area contributed by atoms with Crippen molar-refractivity contribution in [3.8, 4) is 0 Å². The van der Waals surface area contributed by atoms with Crippen molar-refractivity contribution in [3.63, 3.8) is 0 Å². The minimum absolute atomic E-state index is 0.0265. The van der Waals surface area contributed by atoms with E-state index in [2.05, 4.69) is 15.4 Å². The summed E-state index contributed by atoms with van der Waals surface area (Å²) in [5, 5.41) is 13.6. The van der Waals surface area contributed by atoms with Gasteiger partial charge in [0.05, 0.1) is 30.5 Å². The molecule has 120 valence electrons. The number of rotatable bonds is 6. The monoisotopic (exact) mass is 309 g/mol. The first kappa shape index (κ1) is 17.3. The van der Waals surface area contributed by atoms with Gasteiger partial charge in [0.25, 0.3) is 0 Å². The lowest BCUT2D eigenvalue weighted by molar-refractivity contribution is -0.136. The Morgan fingerprint density at radius 3 is 2.50 bits per heavy atom. The first-order valence-electron chi connectivity index (χ1n) is 6.51. The molecule has 2 amide bonds. The topological polar surface area (TPSA) is 108 Å². The number of hydrogen-bond donors (Lipinski definition) is 3. The summed E-state index contributed by atoms with van der Waals surface area (Å²) in [6, 6.07) is 4.19. The Balaban J connectivity index is 2.83. The van der Waals surface area contributed by atoms with E-state index in [4.69, 9.17) is 5.11 Å². The number of esters is 1. The first-order chi connectivity index (χ1) is 10.3. The lowest BCUT2D eigenvalue weighted by atomic mass is 10.1. The fraction of sp³-hybridized carbons (Fsp3) is 0.357. The fourth-order valence-corrected chi connectivity index (χ4v) is 1.70. The Morgan fingerprint density at radius 1 is 1.27 bits per heavy atom. The molecule has 22 heavy (non-hydrogen) atoms. The Hall–Kier alpha value is -2.77. The molecule has 0 spiro atoms.